The van der Waals surface area contributed by atoms with Crippen LogP contribution in [0.1, 0.15) is 31.4 Å². The van der Waals surface area contributed by atoms with E-state index >= 15 is 0 Å². The SMILES string of the molecule is CCCc1ccccc1[C@@]1(C)ON=C2/C(=C/O)OCCN21. The van der Waals surface area contributed by atoms with Crippen molar-refractivity contribution in [2.75, 3.05) is 13.2 Å². The lowest BCUT2D eigenvalue weighted by Crippen LogP contribution is -2.49. The van der Waals surface area contributed by atoms with Crippen LogP contribution >= 0.6 is 0 Å². The Kier molecular flexibility index (Phi) is 3.49. The molecule has 21 heavy (non-hydrogen) atoms. The summed E-state index contributed by atoms with van der Waals surface area (Å²) in [5.41, 5.74) is 1.73. The smallest absolute Gasteiger partial charge is 0.234 e. The van der Waals surface area contributed by atoms with E-state index in [9.17, 15) is 5.11 Å². The van der Waals surface area contributed by atoms with Crippen molar-refractivity contribution in [2.45, 2.75) is 32.4 Å². The van der Waals surface area contributed by atoms with Crippen molar-refractivity contribution in [1.82, 2.24) is 4.90 Å². The standard InChI is InChI=1S/C16H20N2O3/c1-3-6-12-7-4-5-8-13(12)16(2)18-9-10-20-14(11-19)15(18)17-21-16/h4-5,7-8,11,19H,3,6,9-10H2,1-2H3/b14-11-/t16-/m1/s1. The molecule has 1 atom stereocenters. The highest BCUT2D eigenvalue weighted by molar-refractivity contribution is 5.97. The van der Waals surface area contributed by atoms with Crippen LogP contribution in [-0.4, -0.2) is 29.0 Å². The molecule has 0 amide bonds. The molecule has 1 aromatic rings. The third kappa shape index (κ3) is 2.13. The number of ether oxygens (including phenoxy) is 1. The monoisotopic (exact) mass is 288 g/mol. The minimum atomic E-state index is -0.654. The second kappa shape index (κ2) is 5.31. The molecule has 1 saturated heterocycles. The lowest BCUT2D eigenvalue weighted by molar-refractivity contribution is -0.0975. The van der Waals surface area contributed by atoms with Gasteiger partial charge in [0.1, 0.15) is 12.9 Å². The third-order valence-corrected chi connectivity index (χ3v) is 4.03. The molecule has 1 N–H and O–H groups in total. The molecule has 2 heterocycles. The molecular formula is C16H20N2O3. The topological polar surface area (TPSA) is 54.3 Å². The van der Waals surface area contributed by atoms with Gasteiger partial charge in [-0.2, -0.15) is 0 Å². The number of morpholine rings is 1. The van der Waals surface area contributed by atoms with Crippen LogP contribution in [0.25, 0.3) is 0 Å². The van der Waals surface area contributed by atoms with Crippen LogP contribution in [0.15, 0.2) is 41.4 Å². The Hall–Kier alpha value is -2.17. The molecule has 5 nitrogen and oxygen atoms in total. The van der Waals surface area contributed by atoms with Crippen molar-refractivity contribution in [3.05, 3.63) is 47.4 Å². The number of aliphatic hydroxyl groups excluding tert-OH is 1. The van der Waals surface area contributed by atoms with Crippen molar-refractivity contribution in [3.8, 4) is 0 Å². The first-order valence-electron chi connectivity index (χ1n) is 7.30. The van der Waals surface area contributed by atoms with Crippen LogP contribution in [0.5, 0.6) is 0 Å². The van der Waals surface area contributed by atoms with Gasteiger partial charge in [-0.15, -0.1) is 0 Å². The first-order chi connectivity index (χ1) is 10.2. The van der Waals surface area contributed by atoms with E-state index in [1.54, 1.807) is 0 Å². The van der Waals surface area contributed by atoms with E-state index in [-0.39, 0.29) is 0 Å². The van der Waals surface area contributed by atoms with Gasteiger partial charge in [0.2, 0.25) is 11.6 Å². The number of hydrogen-bond donors (Lipinski definition) is 1. The van der Waals surface area contributed by atoms with Gasteiger partial charge in [-0.05, 0) is 12.0 Å². The maximum Gasteiger partial charge on any atom is 0.234 e. The Morgan fingerprint density at radius 2 is 2.24 bits per heavy atom. The van der Waals surface area contributed by atoms with E-state index in [4.69, 9.17) is 9.57 Å². The third-order valence-electron chi connectivity index (χ3n) is 4.03. The molecule has 0 radical (unpaired) electrons. The van der Waals surface area contributed by atoms with Crippen LogP contribution in [0.3, 0.4) is 0 Å². The van der Waals surface area contributed by atoms with Gasteiger partial charge < -0.3 is 19.6 Å². The summed E-state index contributed by atoms with van der Waals surface area (Å²) in [5.74, 6) is 0.912. The molecule has 2 aliphatic heterocycles. The van der Waals surface area contributed by atoms with E-state index < -0.39 is 5.72 Å². The van der Waals surface area contributed by atoms with Gasteiger partial charge in [-0.3, -0.25) is 0 Å². The summed E-state index contributed by atoms with van der Waals surface area (Å²) in [4.78, 5) is 7.82. The van der Waals surface area contributed by atoms with Crippen molar-refractivity contribution in [2.24, 2.45) is 5.16 Å². The number of fused-ring (bicyclic) bond motifs is 1. The number of benzene rings is 1. The molecule has 0 unspecified atom stereocenters. The zero-order valence-electron chi connectivity index (χ0n) is 12.4. The quantitative estimate of drug-likeness (QED) is 0.869. The lowest BCUT2D eigenvalue weighted by atomic mass is 9.94. The Morgan fingerprint density at radius 1 is 1.43 bits per heavy atom. The number of amidine groups is 1. The molecule has 0 saturated carbocycles. The average molecular weight is 288 g/mol. The average Bonchev–Trinajstić information content (AvgIpc) is 2.87. The number of aliphatic hydroxyl groups is 1. The van der Waals surface area contributed by atoms with Gasteiger partial charge in [0.25, 0.3) is 0 Å². The van der Waals surface area contributed by atoms with Gasteiger partial charge in [0.05, 0.1) is 6.54 Å². The number of rotatable bonds is 3. The number of hydrogen-bond acceptors (Lipinski definition) is 5. The summed E-state index contributed by atoms with van der Waals surface area (Å²) in [6, 6.07) is 8.28. The predicted octanol–water partition coefficient (Wildman–Crippen LogP) is 2.89. The van der Waals surface area contributed by atoms with Crippen LogP contribution in [0.4, 0.5) is 0 Å². The van der Waals surface area contributed by atoms with Crippen LogP contribution < -0.4 is 0 Å². The Balaban J connectivity index is 2.00. The van der Waals surface area contributed by atoms with Crippen LogP contribution in [0.2, 0.25) is 0 Å². The Labute approximate surface area is 124 Å². The zero-order chi connectivity index (χ0) is 14.9. The van der Waals surface area contributed by atoms with Gasteiger partial charge >= 0.3 is 0 Å². The summed E-state index contributed by atoms with van der Waals surface area (Å²) < 4.78 is 5.41. The highest BCUT2D eigenvalue weighted by atomic mass is 16.7. The van der Waals surface area contributed by atoms with Gasteiger partial charge in [-0.1, -0.05) is 42.8 Å². The highest BCUT2D eigenvalue weighted by Gasteiger charge is 2.47. The Morgan fingerprint density at radius 3 is 3.00 bits per heavy atom. The summed E-state index contributed by atoms with van der Waals surface area (Å²) in [5, 5.41) is 13.4. The molecule has 0 aromatic heterocycles. The molecule has 0 spiro atoms. The van der Waals surface area contributed by atoms with Crippen molar-refractivity contribution < 1.29 is 14.7 Å². The van der Waals surface area contributed by atoms with E-state index in [0.29, 0.717) is 24.7 Å². The fraction of sp³-hybridized carbons (Fsp3) is 0.438. The normalized spacial score (nSPS) is 26.1. The lowest BCUT2D eigenvalue weighted by Gasteiger charge is -2.38. The summed E-state index contributed by atoms with van der Waals surface area (Å²) in [7, 11) is 0. The number of nitrogens with zero attached hydrogens (tertiary/aromatic N) is 2. The molecular weight excluding hydrogens is 268 g/mol. The largest absolute Gasteiger partial charge is 0.512 e. The molecule has 1 aromatic carbocycles. The van der Waals surface area contributed by atoms with E-state index in [2.05, 4.69) is 24.2 Å². The fourth-order valence-electron chi connectivity index (χ4n) is 2.99. The van der Waals surface area contributed by atoms with E-state index in [1.165, 1.54) is 5.56 Å². The second-order valence-corrected chi connectivity index (χ2v) is 5.39. The van der Waals surface area contributed by atoms with Crippen LogP contribution in [0, 0.1) is 0 Å². The summed E-state index contributed by atoms with van der Waals surface area (Å²) in [6.07, 6.45) is 3.02. The molecule has 3 rings (SSSR count). The van der Waals surface area contributed by atoms with E-state index in [0.717, 1.165) is 24.7 Å². The zero-order valence-corrected chi connectivity index (χ0v) is 12.4. The second-order valence-electron chi connectivity index (χ2n) is 5.39. The highest BCUT2D eigenvalue weighted by Crippen LogP contribution is 2.39. The molecule has 0 aliphatic carbocycles. The number of aryl methyl sites for hydroxylation is 1. The van der Waals surface area contributed by atoms with Gasteiger partial charge in [0, 0.05) is 12.5 Å². The summed E-state index contributed by atoms with van der Waals surface area (Å²) in [6.45, 7) is 5.35. The maximum absolute atomic E-state index is 9.27. The van der Waals surface area contributed by atoms with Crippen molar-refractivity contribution in [1.29, 1.82) is 0 Å². The fourth-order valence-corrected chi connectivity index (χ4v) is 2.99. The van der Waals surface area contributed by atoms with Crippen molar-refractivity contribution >= 4 is 5.84 Å². The first kappa shape index (κ1) is 13.8. The molecule has 0 bridgehead atoms. The van der Waals surface area contributed by atoms with E-state index in [1.807, 2.05) is 24.0 Å². The molecule has 2 aliphatic rings. The minimum absolute atomic E-state index is 0.359. The molecule has 5 heteroatoms. The van der Waals surface area contributed by atoms with Crippen molar-refractivity contribution in [3.63, 3.8) is 0 Å². The predicted molar refractivity (Wildman–Crippen MR) is 79.7 cm³/mol. The number of oxime groups is 1. The first-order valence-corrected chi connectivity index (χ1v) is 7.30. The van der Waals surface area contributed by atoms with Crippen LogP contribution in [-0.2, 0) is 21.7 Å². The summed E-state index contributed by atoms with van der Waals surface area (Å²) >= 11 is 0. The van der Waals surface area contributed by atoms with Gasteiger partial charge in [-0.25, -0.2) is 0 Å². The minimum Gasteiger partial charge on any atom is -0.512 e. The molecule has 112 valence electrons. The van der Waals surface area contributed by atoms with Gasteiger partial charge in [0.15, 0.2) is 5.76 Å². The molecule has 1 fully saturated rings. The Bertz CT molecular complexity index is 597. The maximum atomic E-state index is 9.27.